The first-order valence-corrected chi connectivity index (χ1v) is 15.7. The number of aromatic nitrogens is 1. The van der Waals surface area contributed by atoms with Crippen molar-refractivity contribution in [2.24, 2.45) is 11.8 Å². The number of aryl methyl sites for hydroxylation is 1. The zero-order valence-electron chi connectivity index (χ0n) is 24.5. The lowest BCUT2D eigenvalue weighted by Gasteiger charge is -2.34. The molecule has 2 aliphatic heterocycles. The van der Waals surface area contributed by atoms with E-state index in [1.165, 1.54) is 34.6 Å². The fourth-order valence-corrected chi connectivity index (χ4v) is 8.01. The minimum absolute atomic E-state index is 0.0291. The van der Waals surface area contributed by atoms with Crippen LogP contribution in [0.15, 0.2) is 54.7 Å². The predicted molar refractivity (Wildman–Crippen MR) is 160 cm³/mol. The van der Waals surface area contributed by atoms with Gasteiger partial charge in [-0.1, -0.05) is 61.9 Å². The summed E-state index contributed by atoms with van der Waals surface area (Å²) in [5.74, 6) is 0.261. The van der Waals surface area contributed by atoms with Crippen LogP contribution >= 0.6 is 11.3 Å². The molecule has 1 N–H and O–H groups in total. The van der Waals surface area contributed by atoms with Gasteiger partial charge in [0, 0.05) is 43.0 Å². The number of likely N-dealkylation sites (tertiary alicyclic amines) is 2. The zero-order valence-corrected chi connectivity index (χ0v) is 25.3. The van der Waals surface area contributed by atoms with Crippen LogP contribution in [0.3, 0.4) is 0 Å². The van der Waals surface area contributed by atoms with E-state index < -0.39 is 23.8 Å². The standard InChI is InChI=1S/C33H40F3N3O2S/c1-21(2)31(32(40)41)39-19-26(27(20-39)24-9-6-7-22(3)15-24)18-38-13-11-23(12-14-38)29-17-37-30(42-29)16-25-8-4-5-10-28(25)33(34,35)36/h4-10,15,17,21,23,26-27,31H,11-14,16,18-20H2,1-3H3,(H,40,41)/t26-,27+,31+/m0/s1. The number of hydrogen-bond donors (Lipinski definition) is 1. The quantitative estimate of drug-likeness (QED) is 0.285. The van der Waals surface area contributed by atoms with E-state index in [-0.39, 0.29) is 23.8 Å². The first-order chi connectivity index (χ1) is 20.0. The van der Waals surface area contributed by atoms with Gasteiger partial charge in [0.25, 0.3) is 0 Å². The van der Waals surface area contributed by atoms with Gasteiger partial charge >= 0.3 is 12.1 Å². The van der Waals surface area contributed by atoms with Crippen LogP contribution in [0.2, 0.25) is 0 Å². The molecule has 0 radical (unpaired) electrons. The highest BCUT2D eigenvalue weighted by Crippen LogP contribution is 2.39. The summed E-state index contributed by atoms with van der Waals surface area (Å²) in [6.07, 6.45) is -0.365. The summed E-state index contributed by atoms with van der Waals surface area (Å²) < 4.78 is 40.3. The molecule has 3 atom stereocenters. The van der Waals surface area contributed by atoms with Crippen LogP contribution in [0.1, 0.15) is 70.7 Å². The van der Waals surface area contributed by atoms with Gasteiger partial charge in [-0.3, -0.25) is 9.69 Å². The van der Waals surface area contributed by atoms with E-state index in [0.29, 0.717) is 16.8 Å². The summed E-state index contributed by atoms with van der Waals surface area (Å²) in [4.78, 5) is 22.5. The van der Waals surface area contributed by atoms with E-state index in [9.17, 15) is 23.1 Å². The molecule has 0 amide bonds. The van der Waals surface area contributed by atoms with E-state index in [2.05, 4.69) is 46.0 Å². The Kier molecular flexibility index (Phi) is 9.40. The van der Waals surface area contributed by atoms with Crippen LogP contribution in [-0.2, 0) is 17.4 Å². The smallest absolute Gasteiger partial charge is 0.416 e. The maximum absolute atomic E-state index is 13.4. The Labute approximate surface area is 250 Å². The second-order valence-corrected chi connectivity index (χ2v) is 13.5. The molecule has 0 bridgehead atoms. The molecule has 3 heterocycles. The van der Waals surface area contributed by atoms with Crippen LogP contribution in [0.4, 0.5) is 13.2 Å². The van der Waals surface area contributed by atoms with Gasteiger partial charge in [-0.25, -0.2) is 4.98 Å². The van der Waals surface area contributed by atoms with Crippen molar-refractivity contribution >= 4 is 17.3 Å². The lowest BCUT2D eigenvalue weighted by molar-refractivity contribution is -0.144. The third-order valence-corrected chi connectivity index (χ3v) is 10.1. The molecule has 0 unspecified atom stereocenters. The van der Waals surface area contributed by atoms with Gasteiger partial charge in [-0.2, -0.15) is 13.2 Å². The molecule has 42 heavy (non-hydrogen) atoms. The topological polar surface area (TPSA) is 56.7 Å². The number of aliphatic carboxylic acids is 1. The number of carboxylic acid groups (broad SMARTS) is 1. The van der Waals surface area contributed by atoms with Gasteiger partial charge in [0.2, 0.25) is 0 Å². The molecule has 2 aromatic carbocycles. The van der Waals surface area contributed by atoms with Crippen LogP contribution < -0.4 is 0 Å². The van der Waals surface area contributed by atoms with Crippen molar-refractivity contribution in [3.05, 3.63) is 86.9 Å². The Balaban J connectivity index is 1.23. The fourth-order valence-electron chi connectivity index (χ4n) is 6.90. The van der Waals surface area contributed by atoms with Gasteiger partial charge in [0.15, 0.2) is 0 Å². The predicted octanol–water partition coefficient (Wildman–Crippen LogP) is 7.07. The summed E-state index contributed by atoms with van der Waals surface area (Å²) in [5.41, 5.74) is 2.18. The van der Waals surface area contributed by atoms with Gasteiger partial charge in [-0.15, -0.1) is 11.3 Å². The number of carboxylic acids is 1. The summed E-state index contributed by atoms with van der Waals surface area (Å²) in [7, 11) is 0. The molecular weight excluding hydrogens is 559 g/mol. The molecule has 5 nitrogen and oxygen atoms in total. The molecule has 3 aromatic rings. The van der Waals surface area contributed by atoms with E-state index in [1.54, 1.807) is 6.07 Å². The number of nitrogens with zero attached hydrogens (tertiary/aromatic N) is 3. The number of benzene rings is 2. The highest BCUT2D eigenvalue weighted by molar-refractivity contribution is 7.11. The maximum Gasteiger partial charge on any atom is 0.416 e. The van der Waals surface area contributed by atoms with Crippen molar-refractivity contribution in [1.29, 1.82) is 0 Å². The van der Waals surface area contributed by atoms with Crippen molar-refractivity contribution in [3.8, 4) is 0 Å². The first kappa shape index (κ1) is 30.7. The van der Waals surface area contributed by atoms with Crippen molar-refractivity contribution in [2.75, 3.05) is 32.7 Å². The molecule has 0 saturated carbocycles. The van der Waals surface area contributed by atoms with Crippen molar-refractivity contribution in [3.63, 3.8) is 0 Å². The Morgan fingerprint density at radius 1 is 1.10 bits per heavy atom. The van der Waals surface area contributed by atoms with Crippen LogP contribution in [0.25, 0.3) is 0 Å². The normalized spacial score (nSPS) is 21.7. The van der Waals surface area contributed by atoms with E-state index in [1.807, 2.05) is 20.0 Å². The molecule has 1 aromatic heterocycles. The summed E-state index contributed by atoms with van der Waals surface area (Å²) >= 11 is 1.54. The maximum atomic E-state index is 13.4. The highest BCUT2D eigenvalue weighted by Gasteiger charge is 2.41. The van der Waals surface area contributed by atoms with Gasteiger partial charge in [-0.05, 0) is 67.8 Å². The molecule has 0 spiro atoms. The second kappa shape index (κ2) is 12.9. The van der Waals surface area contributed by atoms with Gasteiger partial charge in [0.05, 0.1) is 10.6 Å². The fraction of sp³-hybridized carbons (Fsp3) is 0.515. The first-order valence-electron chi connectivity index (χ1n) is 14.8. The number of alkyl halides is 3. The second-order valence-electron chi connectivity index (χ2n) is 12.3. The molecule has 2 aliphatic rings. The van der Waals surface area contributed by atoms with E-state index in [4.69, 9.17) is 0 Å². The lowest BCUT2D eigenvalue weighted by atomic mass is 9.87. The van der Waals surface area contributed by atoms with Crippen molar-refractivity contribution in [1.82, 2.24) is 14.8 Å². The Morgan fingerprint density at radius 2 is 1.83 bits per heavy atom. The van der Waals surface area contributed by atoms with Crippen molar-refractivity contribution in [2.45, 2.75) is 64.1 Å². The van der Waals surface area contributed by atoms with Crippen LogP contribution in [0, 0.1) is 18.8 Å². The third-order valence-electron chi connectivity index (χ3n) is 8.94. The van der Waals surface area contributed by atoms with E-state index >= 15 is 0 Å². The number of rotatable bonds is 9. The summed E-state index contributed by atoms with van der Waals surface area (Å²) in [6.45, 7) is 10.4. The molecule has 0 aliphatic carbocycles. The number of hydrogen-bond acceptors (Lipinski definition) is 5. The Morgan fingerprint density at radius 3 is 2.50 bits per heavy atom. The number of halogens is 3. The van der Waals surface area contributed by atoms with Crippen LogP contribution in [-0.4, -0.2) is 64.6 Å². The molecular formula is C33H40F3N3O2S. The average molecular weight is 600 g/mol. The average Bonchev–Trinajstić information content (AvgIpc) is 3.56. The van der Waals surface area contributed by atoms with Crippen molar-refractivity contribution < 1.29 is 23.1 Å². The molecule has 226 valence electrons. The van der Waals surface area contributed by atoms with Gasteiger partial charge < -0.3 is 10.0 Å². The monoisotopic (exact) mass is 599 g/mol. The molecule has 2 fully saturated rings. The Hall–Kier alpha value is -2.75. The number of carbonyl (C=O) groups is 1. The molecule has 9 heteroatoms. The molecule has 2 saturated heterocycles. The minimum Gasteiger partial charge on any atom is -0.480 e. The summed E-state index contributed by atoms with van der Waals surface area (Å²) in [6, 6.07) is 13.9. The summed E-state index contributed by atoms with van der Waals surface area (Å²) in [5, 5.41) is 10.7. The zero-order chi connectivity index (χ0) is 30.0. The number of piperidine rings is 1. The Bertz CT molecular complexity index is 1370. The molecule has 5 rings (SSSR count). The third kappa shape index (κ3) is 7.06. The largest absolute Gasteiger partial charge is 0.480 e. The minimum atomic E-state index is -4.37. The lowest BCUT2D eigenvalue weighted by Crippen LogP contribution is -2.44. The number of thiazole rings is 1. The SMILES string of the molecule is Cc1cccc([C@H]2CN([C@@H](C(=O)O)C(C)C)C[C@@H]2CN2CCC(c3cnc(Cc4ccccc4C(F)(F)F)s3)CC2)c1. The van der Waals surface area contributed by atoms with Gasteiger partial charge in [0.1, 0.15) is 6.04 Å². The van der Waals surface area contributed by atoms with E-state index in [0.717, 1.165) is 56.5 Å². The van der Waals surface area contributed by atoms with Crippen LogP contribution in [0.5, 0.6) is 0 Å². The highest BCUT2D eigenvalue weighted by atomic mass is 32.1.